The van der Waals surface area contributed by atoms with Crippen LogP contribution in [0.4, 0.5) is 11.4 Å². The second kappa shape index (κ2) is 7.05. The van der Waals surface area contributed by atoms with Gasteiger partial charge in [-0.05, 0) is 36.4 Å². The van der Waals surface area contributed by atoms with Gasteiger partial charge in [-0.2, -0.15) is 0 Å². The number of anilines is 2. The zero-order valence-electron chi connectivity index (χ0n) is 13.2. The van der Waals surface area contributed by atoms with Gasteiger partial charge in [0, 0.05) is 23.1 Å². The molecule has 2 aromatic carbocycles. The topological polar surface area (TPSA) is 58.6 Å². The van der Waals surface area contributed by atoms with Crippen LogP contribution in [0.5, 0.6) is 5.75 Å². The van der Waals surface area contributed by atoms with Gasteiger partial charge in [0.15, 0.2) is 0 Å². The Morgan fingerprint density at radius 3 is 2.62 bits per heavy atom. The third-order valence-electron chi connectivity index (χ3n) is 4.00. The molecule has 0 radical (unpaired) electrons. The van der Waals surface area contributed by atoms with Gasteiger partial charge in [0.1, 0.15) is 5.75 Å². The van der Waals surface area contributed by atoms with E-state index in [-0.39, 0.29) is 24.2 Å². The number of nitrogens with one attached hydrogen (secondary N) is 1. The van der Waals surface area contributed by atoms with Gasteiger partial charge in [-0.1, -0.05) is 28.1 Å². The van der Waals surface area contributed by atoms with Gasteiger partial charge in [0.25, 0.3) is 0 Å². The number of rotatable bonds is 4. The van der Waals surface area contributed by atoms with Crippen LogP contribution in [0.2, 0.25) is 0 Å². The summed E-state index contributed by atoms with van der Waals surface area (Å²) in [5.74, 6) is -0.00374. The second-order valence-electron chi connectivity index (χ2n) is 5.57. The normalized spacial score (nSPS) is 17.0. The number of hydrogen-bond donors (Lipinski definition) is 1. The van der Waals surface area contributed by atoms with Gasteiger partial charge >= 0.3 is 0 Å². The van der Waals surface area contributed by atoms with Crippen molar-refractivity contribution in [2.45, 2.75) is 6.42 Å². The summed E-state index contributed by atoms with van der Waals surface area (Å²) in [6.07, 6.45) is 0.205. The van der Waals surface area contributed by atoms with E-state index in [0.717, 1.165) is 10.2 Å². The Hall–Kier alpha value is -2.34. The average Bonchev–Trinajstić information content (AvgIpc) is 2.98. The number of halogens is 1. The Bertz CT molecular complexity index is 761. The van der Waals surface area contributed by atoms with Crippen molar-refractivity contribution in [1.29, 1.82) is 0 Å². The molecule has 1 heterocycles. The fourth-order valence-electron chi connectivity index (χ4n) is 2.74. The highest BCUT2D eigenvalue weighted by Gasteiger charge is 2.35. The van der Waals surface area contributed by atoms with Crippen molar-refractivity contribution in [2.75, 3.05) is 23.9 Å². The van der Waals surface area contributed by atoms with E-state index in [1.165, 1.54) is 0 Å². The van der Waals surface area contributed by atoms with Crippen molar-refractivity contribution >= 4 is 39.1 Å². The molecule has 0 bridgehead atoms. The largest absolute Gasteiger partial charge is 0.495 e. The summed E-state index contributed by atoms with van der Waals surface area (Å²) < 4.78 is 6.18. The number of benzene rings is 2. The summed E-state index contributed by atoms with van der Waals surface area (Å²) in [5, 5.41) is 2.85. The molecule has 0 aromatic heterocycles. The quantitative estimate of drug-likeness (QED) is 0.872. The van der Waals surface area contributed by atoms with E-state index in [9.17, 15) is 9.59 Å². The number of para-hydroxylation sites is 2. The monoisotopic (exact) mass is 388 g/mol. The van der Waals surface area contributed by atoms with Gasteiger partial charge < -0.3 is 15.0 Å². The van der Waals surface area contributed by atoms with Gasteiger partial charge in [-0.15, -0.1) is 0 Å². The van der Waals surface area contributed by atoms with Gasteiger partial charge in [-0.25, -0.2) is 0 Å². The maximum Gasteiger partial charge on any atom is 0.229 e. The summed E-state index contributed by atoms with van der Waals surface area (Å²) in [6, 6.07) is 14.7. The maximum atomic E-state index is 12.5. The highest BCUT2D eigenvalue weighted by atomic mass is 79.9. The fraction of sp³-hybridized carbons (Fsp3) is 0.222. The lowest BCUT2D eigenvalue weighted by molar-refractivity contribution is -0.122. The fourth-order valence-corrected chi connectivity index (χ4v) is 3.00. The van der Waals surface area contributed by atoms with Crippen LogP contribution in [-0.4, -0.2) is 25.5 Å². The molecule has 24 heavy (non-hydrogen) atoms. The van der Waals surface area contributed by atoms with Crippen LogP contribution >= 0.6 is 15.9 Å². The van der Waals surface area contributed by atoms with Crippen molar-refractivity contribution in [2.24, 2.45) is 5.92 Å². The third kappa shape index (κ3) is 3.43. The van der Waals surface area contributed by atoms with Gasteiger partial charge in [-0.3, -0.25) is 9.59 Å². The van der Waals surface area contributed by atoms with E-state index in [1.54, 1.807) is 24.1 Å². The van der Waals surface area contributed by atoms with E-state index in [4.69, 9.17) is 4.74 Å². The zero-order chi connectivity index (χ0) is 17.1. The number of amides is 2. The molecule has 1 atom stereocenters. The van der Waals surface area contributed by atoms with E-state index in [1.807, 2.05) is 36.4 Å². The van der Waals surface area contributed by atoms with Crippen LogP contribution < -0.4 is 15.0 Å². The van der Waals surface area contributed by atoms with E-state index >= 15 is 0 Å². The SMILES string of the molecule is COc1ccccc1NC(=O)C1CC(=O)N(c2ccc(Br)cc2)C1. The summed E-state index contributed by atoms with van der Waals surface area (Å²) in [7, 11) is 1.55. The van der Waals surface area contributed by atoms with Crippen LogP contribution in [0.1, 0.15) is 6.42 Å². The first kappa shape index (κ1) is 16.5. The molecule has 2 aromatic rings. The van der Waals surface area contributed by atoms with Crippen LogP contribution in [0.25, 0.3) is 0 Å². The molecule has 5 nitrogen and oxygen atoms in total. The number of ether oxygens (including phenoxy) is 1. The molecule has 0 aliphatic carbocycles. The molecule has 1 aliphatic heterocycles. The predicted octanol–water partition coefficient (Wildman–Crippen LogP) is 3.45. The lowest BCUT2D eigenvalue weighted by Crippen LogP contribution is -2.28. The summed E-state index contributed by atoms with van der Waals surface area (Å²) in [5.41, 5.74) is 1.41. The maximum absolute atomic E-state index is 12.5. The van der Waals surface area contributed by atoms with Crippen LogP contribution in [0.15, 0.2) is 53.0 Å². The molecule has 3 rings (SSSR count). The molecule has 124 valence electrons. The molecule has 1 aliphatic rings. The Morgan fingerprint density at radius 1 is 1.21 bits per heavy atom. The van der Waals surface area contributed by atoms with Crippen LogP contribution in [0, 0.1) is 5.92 Å². The van der Waals surface area contributed by atoms with E-state index < -0.39 is 0 Å². The standard InChI is InChI=1S/C18H17BrN2O3/c1-24-16-5-3-2-4-15(16)20-18(23)12-10-17(22)21(11-12)14-8-6-13(19)7-9-14/h2-9,12H,10-11H2,1H3,(H,20,23). The van der Waals surface area contributed by atoms with Crippen LogP contribution in [-0.2, 0) is 9.59 Å². The minimum Gasteiger partial charge on any atom is -0.495 e. The Balaban J connectivity index is 1.71. The second-order valence-corrected chi connectivity index (χ2v) is 6.49. The lowest BCUT2D eigenvalue weighted by Gasteiger charge is -2.17. The predicted molar refractivity (Wildman–Crippen MR) is 96.2 cm³/mol. The first-order valence-electron chi connectivity index (χ1n) is 7.58. The van der Waals surface area contributed by atoms with Crippen molar-refractivity contribution in [3.8, 4) is 5.75 Å². The molecule has 2 amide bonds. The lowest BCUT2D eigenvalue weighted by atomic mass is 10.1. The average molecular weight is 389 g/mol. The summed E-state index contributed by atoms with van der Waals surface area (Å²) >= 11 is 3.38. The Kier molecular flexibility index (Phi) is 4.85. The first-order valence-corrected chi connectivity index (χ1v) is 8.37. The number of hydrogen-bond acceptors (Lipinski definition) is 3. The third-order valence-corrected chi connectivity index (χ3v) is 4.53. The molecular weight excluding hydrogens is 372 g/mol. The van der Waals surface area contributed by atoms with Gasteiger partial charge in [0.05, 0.1) is 18.7 Å². The summed E-state index contributed by atoms with van der Waals surface area (Å²) in [4.78, 5) is 26.4. The number of carbonyl (C=O) groups excluding carboxylic acids is 2. The van der Waals surface area contributed by atoms with Crippen LogP contribution in [0.3, 0.4) is 0 Å². The summed E-state index contributed by atoms with van der Waals surface area (Å²) in [6.45, 7) is 0.376. The number of methoxy groups -OCH3 is 1. The molecule has 6 heteroatoms. The van der Waals surface area contributed by atoms with Crippen molar-refractivity contribution in [1.82, 2.24) is 0 Å². The molecule has 0 spiro atoms. The molecule has 1 saturated heterocycles. The first-order chi connectivity index (χ1) is 11.6. The highest BCUT2D eigenvalue weighted by Crippen LogP contribution is 2.29. The molecular formula is C18H17BrN2O3. The number of nitrogens with zero attached hydrogens (tertiary/aromatic N) is 1. The molecule has 1 fully saturated rings. The van der Waals surface area contributed by atoms with Gasteiger partial charge in [0.2, 0.25) is 11.8 Å². The minimum atomic E-state index is -0.383. The van der Waals surface area contributed by atoms with Crippen molar-refractivity contribution in [3.05, 3.63) is 53.0 Å². The molecule has 1 unspecified atom stereocenters. The Morgan fingerprint density at radius 2 is 1.92 bits per heavy atom. The Labute approximate surface area is 148 Å². The zero-order valence-corrected chi connectivity index (χ0v) is 14.7. The molecule has 1 N–H and O–H groups in total. The highest BCUT2D eigenvalue weighted by molar-refractivity contribution is 9.10. The number of carbonyl (C=O) groups is 2. The van der Waals surface area contributed by atoms with E-state index in [0.29, 0.717) is 18.0 Å². The van der Waals surface area contributed by atoms with Crippen molar-refractivity contribution in [3.63, 3.8) is 0 Å². The molecule has 0 saturated carbocycles. The smallest absolute Gasteiger partial charge is 0.229 e. The minimum absolute atomic E-state index is 0.0440. The van der Waals surface area contributed by atoms with Crippen molar-refractivity contribution < 1.29 is 14.3 Å². The van der Waals surface area contributed by atoms with E-state index in [2.05, 4.69) is 21.2 Å².